The first-order valence-electron chi connectivity index (χ1n) is 6.91. The Kier molecular flexibility index (Phi) is 2.54. The van der Waals surface area contributed by atoms with E-state index in [1.165, 1.54) is 0 Å². The molecular weight excluding hydrogens is 266 g/mol. The average Bonchev–Trinajstić information content (AvgIpc) is 2.87. The smallest absolute Gasteiger partial charge is 0.273 e. The molecule has 0 radical (unpaired) electrons. The van der Waals surface area contributed by atoms with Gasteiger partial charge in [0.1, 0.15) is 0 Å². The maximum Gasteiger partial charge on any atom is 0.273 e. The Hall–Kier alpha value is -2.69. The summed E-state index contributed by atoms with van der Waals surface area (Å²) < 4.78 is 0. The van der Waals surface area contributed by atoms with Crippen LogP contribution in [0.15, 0.2) is 41.2 Å². The van der Waals surface area contributed by atoms with Gasteiger partial charge >= 0.3 is 0 Å². The van der Waals surface area contributed by atoms with Crippen molar-refractivity contribution in [3.05, 3.63) is 63.6 Å². The molecule has 5 heteroatoms. The second kappa shape index (κ2) is 4.41. The van der Waals surface area contributed by atoms with E-state index in [0.717, 1.165) is 11.3 Å². The maximum atomic E-state index is 12.4. The highest BCUT2D eigenvalue weighted by Crippen LogP contribution is 2.32. The minimum atomic E-state index is -0.238. The van der Waals surface area contributed by atoms with E-state index >= 15 is 0 Å². The number of pyridine rings is 1. The van der Waals surface area contributed by atoms with Crippen molar-refractivity contribution in [1.29, 1.82) is 0 Å². The van der Waals surface area contributed by atoms with E-state index in [4.69, 9.17) is 0 Å². The Bertz CT molecular complexity index is 893. The molecule has 2 N–H and O–H groups in total. The molecule has 5 nitrogen and oxygen atoms in total. The molecule has 0 amide bonds. The van der Waals surface area contributed by atoms with Crippen LogP contribution in [-0.2, 0) is 6.42 Å². The third-order valence-corrected chi connectivity index (χ3v) is 4.08. The average molecular weight is 279 g/mol. The summed E-state index contributed by atoms with van der Waals surface area (Å²) in [4.78, 5) is 28.5. The zero-order chi connectivity index (χ0) is 14.4. The first kappa shape index (κ1) is 12.1. The van der Waals surface area contributed by atoms with E-state index in [2.05, 4.69) is 15.2 Å². The zero-order valence-corrected chi connectivity index (χ0v) is 11.2. The number of hydrogen-bond acceptors (Lipinski definition) is 3. The topological polar surface area (TPSA) is 78.6 Å². The van der Waals surface area contributed by atoms with Gasteiger partial charge in [-0.2, -0.15) is 0 Å². The molecule has 4 rings (SSSR count). The van der Waals surface area contributed by atoms with E-state index in [-0.39, 0.29) is 17.3 Å². The van der Waals surface area contributed by atoms with Crippen molar-refractivity contribution < 1.29 is 4.79 Å². The quantitative estimate of drug-likeness (QED) is 0.716. The van der Waals surface area contributed by atoms with Crippen molar-refractivity contribution in [3.8, 4) is 0 Å². The molecule has 1 atom stereocenters. The van der Waals surface area contributed by atoms with Crippen LogP contribution in [0.3, 0.4) is 0 Å². The lowest BCUT2D eigenvalue weighted by Crippen LogP contribution is -2.20. The molecule has 0 unspecified atom stereocenters. The number of rotatable bonds is 1. The van der Waals surface area contributed by atoms with Crippen molar-refractivity contribution in [3.63, 3.8) is 0 Å². The Morgan fingerprint density at radius 1 is 1.05 bits per heavy atom. The number of hydrogen-bond donors (Lipinski definition) is 2. The molecule has 0 saturated heterocycles. The van der Waals surface area contributed by atoms with Crippen LogP contribution in [0.4, 0.5) is 0 Å². The van der Waals surface area contributed by atoms with Crippen molar-refractivity contribution in [2.45, 2.75) is 18.8 Å². The molecule has 1 aliphatic rings. The third-order valence-electron chi connectivity index (χ3n) is 4.08. The molecule has 0 spiro atoms. The standard InChI is InChI=1S/C16H13N3O2/c20-14-7-10(9-4-2-1-3-5-9)6-13-11(14)8-12-15(17-13)18-19-16(12)21/h1-5,8,10H,6-7H2,(H2,17,18,19,21)/t10-/m0/s1. The summed E-state index contributed by atoms with van der Waals surface area (Å²) in [5, 5.41) is 5.70. The zero-order valence-electron chi connectivity index (χ0n) is 11.2. The Morgan fingerprint density at radius 3 is 2.67 bits per heavy atom. The summed E-state index contributed by atoms with van der Waals surface area (Å²) in [6.07, 6.45) is 1.18. The van der Waals surface area contributed by atoms with Gasteiger partial charge in [0.05, 0.1) is 11.1 Å². The van der Waals surface area contributed by atoms with E-state index in [1.54, 1.807) is 6.07 Å². The Morgan fingerprint density at radius 2 is 1.86 bits per heavy atom. The number of aromatic amines is 2. The summed E-state index contributed by atoms with van der Waals surface area (Å²) in [5.41, 5.74) is 2.78. The molecule has 0 bridgehead atoms. The lowest BCUT2D eigenvalue weighted by atomic mass is 9.81. The predicted molar refractivity (Wildman–Crippen MR) is 78.5 cm³/mol. The minimum absolute atomic E-state index is 0.0557. The fraction of sp³-hybridized carbons (Fsp3) is 0.188. The highest BCUT2D eigenvalue weighted by molar-refractivity contribution is 6.01. The summed E-state index contributed by atoms with van der Waals surface area (Å²) in [6, 6.07) is 11.7. The Labute approximate surface area is 120 Å². The highest BCUT2D eigenvalue weighted by atomic mass is 16.1. The summed E-state index contributed by atoms with van der Waals surface area (Å²) in [7, 11) is 0. The number of fused-ring (bicyclic) bond motifs is 2. The molecule has 3 aromatic rings. The van der Waals surface area contributed by atoms with Crippen LogP contribution in [0, 0.1) is 0 Å². The number of ketones is 1. The molecular formula is C16H13N3O2. The maximum absolute atomic E-state index is 12.4. The van der Waals surface area contributed by atoms with Crippen molar-refractivity contribution in [2.75, 3.05) is 0 Å². The van der Waals surface area contributed by atoms with Gasteiger partial charge < -0.3 is 0 Å². The van der Waals surface area contributed by atoms with Crippen LogP contribution < -0.4 is 5.56 Å². The number of H-pyrrole nitrogens is 2. The van der Waals surface area contributed by atoms with Crippen LogP contribution >= 0.6 is 0 Å². The second-order valence-corrected chi connectivity index (χ2v) is 5.40. The van der Waals surface area contributed by atoms with Gasteiger partial charge in [0.2, 0.25) is 0 Å². The van der Waals surface area contributed by atoms with Gasteiger partial charge in [-0.1, -0.05) is 30.3 Å². The Balaban J connectivity index is 1.83. The number of aromatic nitrogens is 3. The van der Waals surface area contributed by atoms with E-state index < -0.39 is 0 Å². The summed E-state index contributed by atoms with van der Waals surface area (Å²) >= 11 is 0. The molecule has 2 aromatic heterocycles. The second-order valence-electron chi connectivity index (χ2n) is 5.40. The predicted octanol–water partition coefficient (Wildman–Crippen LogP) is 2.16. The number of Topliss-reactive ketones (excluding diaryl/α,β-unsaturated/α-hetero) is 1. The van der Waals surface area contributed by atoms with Gasteiger partial charge in [-0.25, -0.2) is 4.98 Å². The van der Waals surface area contributed by atoms with Crippen LogP contribution in [0.1, 0.15) is 34.0 Å². The fourth-order valence-corrected chi connectivity index (χ4v) is 3.00. The normalized spacial score (nSPS) is 17.9. The largest absolute Gasteiger partial charge is 0.294 e. The molecule has 0 aliphatic heterocycles. The highest BCUT2D eigenvalue weighted by Gasteiger charge is 2.28. The molecule has 21 heavy (non-hydrogen) atoms. The van der Waals surface area contributed by atoms with Crippen LogP contribution in [0.2, 0.25) is 0 Å². The number of benzene rings is 1. The lowest BCUT2D eigenvalue weighted by Gasteiger charge is -2.23. The number of nitrogens with zero attached hydrogens (tertiary/aromatic N) is 1. The minimum Gasteiger partial charge on any atom is -0.294 e. The van der Waals surface area contributed by atoms with Gasteiger partial charge in [-0.15, -0.1) is 0 Å². The number of carbonyl (C=O) groups excluding carboxylic acids is 1. The molecule has 1 aromatic carbocycles. The summed E-state index contributed by atoms with van der Waals surface area (Å²) in [5.74, 6) is 0.210. The van der Waals surface area contributed by atoms with E-state index in [9.17, 15) is 9.59 Å². The number of nitrogens with one attached hydrogen (secondary N) is 2. The van der Waals surface area contributed by atoms with Crippen LogP contribution in [0.25, 0.3) is 11.0 Å². The lowest BCUT2D eigenvalue weighted by molar-refractivity contribution is 0.0963. The van der Waals surface area contributed by atoms with Crippen molar-refractivity contribution >= 4 is 16.8 Å². The van der Waals surface area contributed by atoms with Crippen LogP contribution in [0.5, 0.6) is 0 Å². The molecule has 0 saturated carbocycles. The molecule has 2 heterocycles. The van der Waals surface area contributed by atoms with Gasteiger partial charge in [-0.3, -0.25) is 19.8 Å². The van der Waals surface area contributed by atoms with Crippen molar-refractivity contribution in [2.24, 2.45) is 0 Å². The van der Waals surface area contributed by atoms with Crippen molar-refractivity contribution in [1.82, 2.24) is 15.2 Å². The molecule has 104 valence electrons. The third kappa shape index (κ3) is 1.89. The molecule has 1 aliphatic carbocycles. The van der Waals surface area contributed by atoms with E-state index in [0.29, 0.717) is 29.4 Å². The molecule has 0 fully saturated rings. The monoisotopic (exact) mass is 279 g/mol. The SMILES string of the molecule is O=C1C[C@@H](c2ccccc2)Cc2nc3[nH][nH]c(=O)c3cc21. The van der Waals surface area contributed by atoms with Gasteiger partial charge in [0.25, 0.3) is 5.56 Å². The fourth-order valence-electron chi connectivity index (χ4n) is 3.00. The van der Waals surface area contributed by atoms with Gasteiger partial charge in [0.15, 0.2) is 11.4 Å². The first-order valence-corrected chi connectivity index (χ1v) is 6.91. The van der Waals surface area contributed by atoms with Gasteiger partial charge in [-0.05, 0) is 24.0 Å². The van der Waals surface area contributed by atoms with Crippen LogP contribution in [-0.4, -0.2) is 21.0 Å². The first-order chi connectivity index (χ1) is 10.2. The van der Waals surface area contributed by atoms with E-state index in [1.807, 2.05) is 30.3 Å². The van der Waals surface area contributed by atoms with Gasteiger partial charge in [0, 0.05) is 12.0 Å². The summed E-state index contributed by atoms with van der Waals surface area (Å²) in [6.45, 7) is 0. The number of carbonyl (C=O) groups is 1.